The lowest BCUT2D eigenvalue weighted by atomic mass is 9.88. The maximum Gasteiger partial charge on any atom is 0.460 e. The Hall–Kier alpha value is -2.07. The van der Waals surface area contributed by atoms with Crippen molar-refractivity contribution in [2.24, 2.45) is 0 Å². The zero-order valence-electron chi connectivity index (χ0n) is 18.1. The fourth-order valence-corrected chi connectivity index (χ4v) is 2.98. The maximum absolute atomic E-state index is 14.0. The molecule has 0 radical (unpaired) electrons. The minimum atomic E-state index is -8.34. The number of benzene rings is 1. The van der Waals surface area contributed by atoms with Crippen LogP contribution in [0.4, 0.5) is 71.5 Å². The molecule has 0 aliphatic carbocycles. The Bertz CT molecular complexity index is 876. The molecule has 1 aromatic carbocycles. The topological polar surface area (TPSA) is 23.5 Å². The molecule has 0 fully saturated rings. The third-order valence-corrected chi connectivity index (χ3v) is 5.25. The Morgan fingerprint density at radius 2 is 0.972 bits per heavy atom. The maximum atomic E-state index is 14.0. The second-order valence-corrected chi connectivity index (χ2v) is 7.56. The van der Waals surface area contributed by atoms with Gasteiger partial charge in [0.15, 0.2) is 0 Å². The summed E-state index contributed by atoms with van der Waals surface area (Å²) >= 11 is 0. The minimum absolute atomic E-state index is 0.423. The number of halogens is 15. The highest BCUT2D eigenvalue weighted by Gasteiger charge is 2.93. The predicted octanol–water partition coefficient (Wildman–Crippen LogP) is 7.33. The molecule has 0 aromatic heterocycles. The van der Waals surface area contributed by atoms with Crippen LogP contribution < -0.4 is 4.90 Å². The minimum Gasteiger partial charge on any atom is -0.388 e. The highest BCUT2D eigenvalue weighted by Crippen LogP contribution is 2.63. The molecule has 0 amide bonds. The van der Waals surface area contributed by atoms with Crippen LogP contribution in [-0.2, 0) is 0 Å². The van der Waals surface area contributed by atoms with E-state index in [1.807, 2.05) is 0 Å². The fraction of sp³-hybridized carbons (Fsp3) is 0.684. The lowest BCUT2D eigenvalue weighted by molar-refractivity contribution is -0.453. The summed E-state index contributed by atoms with van der Waals surface area (Å²) in [5.74, 6) is -47.0. The average molecular weight is 561 g/mol. The fourth-order valence-electron chi connectivity index (χ4n) is 2.98. The van der Waals surface area contributed by atoms with Crippen LogP contribution in [0.2, 0.25) is 0 Å². The molecule has 0 heterocycles. The Balaban J connectivity index is 3.37. The van der Waals surface area contributed by atoms with E-state index in [1.54, 1.807) is 18.7 Å². The average Bonchev–Trinajstić information content (AvgIpc) is 2.73. The van der Waals surface area contributed by atoms with Crippen molar-refractivity contribution in [3.63, 3.8) is 0 Å². The molecule has 0 aliphatic heterocycles. The molecular formula is C19H18F15NO. The molecule has 1 rings (SSSR count). The van der Waals surface area contributed by atoms with E-state index in [1.165, 1.54) is 12.1 Å². The highest BCUT2D eigenvalue weighted by atomic mass is 19.4. The van der Waals surface area contributed by atoms with Crippen LogP contribution in [-0.4, -0.2) is 59.9 Å². The van der Waals surface area contributed by atoms with E-state index in [0.29, 0.717) is 18.8 Å². The summed E-state index contributed by atoms with van der Waals surface area (Å²) in [5, 5.41) is 9.75. The number of aliphatic hydroxyl groups is 1. The van der Waals surface area contributed by atoms with Crippen LogP contribution in [0.25, 0.3) is 0 Å². The Morgan fingerprint density at radius 1 is 0.611 bits per heavy atom. The normalized spacial score (nSPS) is 15.7. The van der Waals surface area contributed by atoms with Crippen LogP contribution in [0.1, 0.15) is 31.9 Å². The third-order valence-electron chi connectivity index (χ3n) is 5.25. The van der Waals surface area contributed by atoms with Crippen molar-refractivity contribution in [1.82, 2.24) is 0 Å². The van der Waals surface area contributed by atoms with Crippen molar-refractivity contribution in [3.05, 3.63) is 29.8 Å². The van der Waals surface area contributed by atoms with Crippen molar-refractivity contribution in [1.29, 1.82) is 0 Å². The van der Waals surface area contributed by atoms with Gasteiger partial charge in [-0.15, -0.1) is 0 Å². The van der Waals surface area contributed by atoms with E-state index >= 15 is 0 Å². The summed E-state index contributed by atoms with van der Waals surface area (Å²) in [7, 11) is 0. The number of hydrogen-bond acceptors (Lipinski definition) is 2. The van der Waals surface area contributed by atoms with E-state index in [0.717, 1.165) is 12.1 Å². The molecule has 0 bridgehead atoms. The molecule has 0 saturated heterocycles. The molecule has 2 nitrogen and oxygen atoms in total. The van der Waals surface area contributed by atoms with Crippen LogP contribution >= 0.6 is 0 Å². The Morgan fingerprint density at radius 3 is 1.33 bits per heavy atom. The van der Waals surface area contributed by atoms with Gasteiger partial charge >= 0.3 is 41.7 Å². The van der Waals surface area contributed by atoms with Crippen LogP contribution in [0, 0.1) is 0 Å². The van der Waals surface area contributed by atoms with Crippen molar-refractivity contribution in [2.75, 3.05) is 18.0 Å². The summed E-state index contributed by atoms with van der Waals surface area (Å²) < 4.78 is 199. The SMILES string of the molecule is CCN(CC)c1ccc(C(O)CC(F)(F)C(F)(F)C(F)(F)C(F)(F)C(F)(F)C(F)(F)C(F)(F)F)cc1. The van der Waals surface area contributed by atoms with Gasteiger partial charge in [0.05, 0.1) is 6.10 Å². The van der Waals surface area contributed by atoms with Gasteiger partial charge in [-0.3, -0.25) is 0 Å². The number of rotatable bonds is 11. The molecule has 0 saturated carbocycles. The molecule has 17 heteroatoms. The number of aliphatic hydroxyl groups excluding tert-OH is 1. The lowest BCUT2D eigenvalue weighted by Gasteiger charge is -2.41. The second kappa shape index (κ2) is 9.67. The quantitative estimate of drug-likeness (QED) is 0.286. The van der Waals surface area contributed by atoms with Gasteiger partial charge in [-0.1, -0.05) is 12.1 Å². The number of alkyl halides is 15. The van der Waals surface area contributed by atoms with E-state index in [4.69, 9.17) is 0 Å². The molecule has 210 valence electrons. The Labute approximate surface area is 193 Å². The van der Waals surface area contributed by atoms with E-state index in [-0.39, 0.29) is 0 Å². The zero-order chi connectivity index (χ0) is 28.8. The van der Waals surface area contributed by atoms with Crippen LogP contribution in [0.15, 0.2) is 24.3 Å². The van der Waals surface area contributed by atoms with Gasteiger partial charge in [-0.2, -0.15) is 65.9 Å². The second-order valence-electron chi connectivity index (χ2n) is 7.56. The molecule has 0 aliphatic rings. The number of nitrogens with zero attached hydrogens (tertiary/aromatic N) is 1. The molecule has 0 spiro atoms. The van der Waals surface area contributed by atoms with Crippen LogP contribution in [0.5, 0.6) is 0 Å². The standard InChI is InChI=1S/C19H18F15NO/c1-3-35(4-2)11-7-5-10(6-8-11)12(36)9-13(20,21)14(22,23)15(24,25)16(26,27)17(28,29)18(30,31)19(32,33)34/h5-8,12,36H,3-4,9H2,1-2H3. The van der Waals surface area contributed by atoms with E-state index < -0.39 is 59.8 Å². The van der Waals surface area contributed by atoms with Crippen molar-refractivity contribution in [2.45, 2.75) is 68.1 Å². The Kier molecular flexibility index (Phi) is 8.58. The van der Waals surface area contributed by atoms with Gasteiger partial charge in [0.25, 0.3) is 0 Å². The van der Waals surface area contributed by atoms with E-state index in [2.05, 4.69) is 0 Å². The smallest absolute Gasteiger partial charge is 0.388 e. The van der Waals surface area contributed by atoms with Crippen molar-refractivity contribution >= 4 is 5.69 Å². The summed E-state index contributed by atoms with van der Waals surface area (Å²) in [4.78, 5) is 1.68. The first-order valence-electron chi connectivity index (χ1n) is 9.74. The van der Waals surface area contributed by atoms with Crippen LogP contribution in [0.3, 0.4) is 0 Å². The lowest BCUT2D eigenvalue weighted by Crippen LogP contribution is -2.72. The first-order valence-corrected chi connectivity index (χ1v) is 9.74. The van der Waals surface area contributed by atoms with Gasteiger partial charge in [-0.25, -0.2) is 0 Å². The van der Waals surface area contributed by atoms with Crippen molar-refractivity contribution < 1.29 is 71.0 Å². The molecule has 1 aromatic rings. The van der Waals surface area contributed by atoms with Gasteiger partial charge < -0.3 is 10.0 Å². The van der Waals surface area contributed by atoms with Crippen molar-refractivity contribution in [3.8, 4) is 0 Å². The van der Waals surface area contributed by atoms with Gasteiger partial charge in [0.2, 0.25) is 0 Å². The predicted molar refractivity (Wildman–Crippen MR) is 95.3 cm³/mol. The first-order chi connectivity index (χ1) is 15.9. The number of anilines is 1. The third kappa shape index (κ3) is 4.90. The zero-order valence-corrected chi connectivity index (χ0v) is 18.1. The number of hydrogen-bond donors (Lipinski definition) is 1. The monoisotopic (exact) mass is 561 g/mol. The van der Waals surface area contributed by atoms with E-state index in [9.17, 15) is 71.0 Å². The van der Waals surface area contributed by atoms with Gasteiger partial charge in [0, 0.05) is 25.2 Å². The highest BCUT2D eigenvalue weighted by molar-refractivity contribution is 5.47. The summed E-state index contributed by atoms with van der Waals surface area (Å²) in [6.45, 7) is 4.28. The molecule has 1 atom stereocenters. The molecular weight excluding hydrogens is 543 g/mol. The summed E-state index contributed by atoms with van der Waals surface area (Å²) in [6.07, 6.45) is -13.3. The summed E-state index contributed by atoms with van der Waals surface area (Å²) in [6, 6.07) is 4.06. The molecule has 1 unspecified atom stereocenters. The molecule has 36 heavy (non-hydrogen) atoms. The molecule has 1 N–H and O–H groups in total. The summed E-state index contributed by atoms with van der Waals surface area (Å²) in [5.41, 5.74) is -0.225. The first kappa shape index (κ1) is 32.0. The van der Waals surface area contributed by atoms with Gasteiger partial charge in [-0.05, 0) is 31.5 Å². The largest absolute Gasteiger partial charge is 0.460 e. The van der Waals surface area contributed by atoms with Gasteiger partial charge in [0.1, 0.15) is 0 Å².